The van der Waals surface area contributed by atoms with E-state index < -0.39 is 0 Å². The lowest BCUT2D eigenvalue weighted by molar-refractivity contribution is 0.667. The van der Waals surface area contributed by atoms with Gasteiger partial charge in [-0.1, -0.05) is 49.2 Å². The summed E-state index contributed by atoms with van der Waals surface area (Å²) in [7, 11) is 0. The van der Waals surface area contributed by atoms with Crippen LogP contribution >= 0.6 is 0 Å². The predicted molar refractivity (Wildman–Crippen MR) is 130 cm³/mol. The molecule has 5 aromatic rings. The Balaban J connectivity index is 1.78. The Morgan fingerprint density at radius 2 is 1.85 bits per heavy atom. The number of hydrogen-bond acceptors (Lipinski definition) is 5. The second-order valence-electron chi connectivity index (χ2n) is 7.77. The van der Waals surface area contributed by atoms with Gasteiger partial charge in [0, 0.05) is 17.5 Å². The molecule has 0 atom stereocenters. The van der Waals surface area contributed by atoms with Crippen molar-refractivity contribution in [2.45, 2.75) is 26.8 Å². The first-order valence-corrected chi connectivity index (χ1v) is 10.7. The van der Waals surface area contributed by atoms with Crippen LogP contribution in [-0.2, 0) is 6.54 Å². The molecule has 33 heavy (non-hydrogen) atoms. The quantitative estimate of drug-likeness (QED) is 0.436. The predicted octanol–water partition coefficient (Wildman–Crippen LogP) is 3.83. The lowest BCUT2D eigenvalue weighted by atomic mass is 10.1. The van der Waals surface area contributed by atoms with Crippen LogP contribution < -0.4 is 11.3 Å². The second-order valence-corrected chi connectivity index (χ2v) is 7.77. The summed E-state index contributed by atoms with van der Waals surface area (Å²) in [5, 5.41) is 6.86. The molecule has 0 aliphatic carbocycles. The lowest BCUT2D eigenvalue weighted by Gasteiger charge is -2.17. The fraction of sp³-hybridized carbons (Fsp3) is 0.154. The minimum Gasteiger partial charge on any atom is -0.383 e. The Morgan fingerprint density at radius 3 is 2.67 bits per heavy atom. The number of nitrogens with zero attached hydrogens (tertiary/aromatic N) is 5. The monoisotopic (exact) mass is 434 g/mol. The van der Waals surface area contributed by atoms with E-state index in [4.69, 9.17) is 10.8 Å². The summed E-state index contributed by atoms with van der Waals surface area (Å²) in [6.45, 7) is 4.29. The van der Waals surface area contributed by atoms with E-state index in [1.165, 1.54) is 6.33 Å². The molecule has 0 fully saturated rings. The lowest BCUT2D eigenvalue weighted by Crippen LogP contribution is -2.24. The first-order valence-electron chi connectivity index (χ1n) is 10.7. The summed E-state index contributed by atoms with van der Waals surface area (Å²) in [4.78, 5) is 22.2. The molecule has 162 valence electrons. The Morgan fingerprint density at radius 1 is 1.06 bits per heavy atom. The molecule has 0 aliphatic heterocycles. The molecule has 5 rings (SSSR count). The molecule has 0 bridgehead atoms. The van der Waals surface area contributed by atoms with Gasteiger partial charge in [-0.15, -0.1) is 0 Å². The molecule has 3 heterocycles. The van der Waals surface area contributed by atoms with Crippen LogP contribution in [0, 0.1) is 18.8 Å². The largest absolute Gasteiger partial charge is 0.383 e. The number of aryl methyl sites for hydroxylation is 1. The summed E-state index contributed by atoms with van der Waals surface area (Å²) < 4.78 is 3.50. The highest BCUT2D eigenvalue weighted by Gasteiger charge is 2.18. The third-order valence-corrected chi connectivity index (χ3v) is 5.61. The van der Waals surface area contributed by atoms with Gasteiger partial charge in [0.1, 0.15) is 17.8 Å². The number of pyridine rings is 1. The van der Waals surface area contributed by atoms with Gasteiger partial charge < -0.3 is 5.73 Å². The molecule has 0 saturated carbocycles. The SMILES string of the molecule is CCC#Cc1nn(Cc2cc3ccccc3c(=O)n2-c2ccccc2C)c2ncnc(N)c12. The molecular weight excluding hydrogens is 412 g/mol. The fourth-order valence-corrected chi connectivity index (χ4v) is 4.06. The molecule has 0 spiro atoms. The van der Waals surface area contributed by atoms with Crippen molar-refractivity contribution in [1.29, 1.82) is 0 Å². The number of fused-ring (bicyclic) bond motifs is 2. The van der Waals surface area contributed by atoms with Crippen LogP contribution in [0.2, 0.25) is 0 Å². The number of rotatable bonds is 3. The van der Waals surface area contributed by atoms with Crippen molar-refractivity contribution in [3.05, 3.63) is 88.2 Å². The topological polar surface area (TPSA) is 91.6 Å². The number of hydrogen-bond donors (Lipinski definition) is 1. The summed E-state index contributed by atoms with van der Waals surface area (Å²) >= 11 is 0. The van der Waals surface area contributed by atoms with Crippen LogP contribution in [0.15, 0.2) is 65.7 Å². The Labute approximate surface area is 190 Å². The molecule has 2 N–H and O–H groups in total. The average molecular weight is 435 g/mol. The average Bonchev–Trinajstić information content (AvgIpc) is 3.17. The van der Waals surface area contributed by atoms with Gasteiger partial charge in [0.2, 0.25) is 0 Å². The minimum atomic E-state index is -0.0750. The zero-order chi connectivity index (χ0) is 22.9. The van der Waals surface area contributed by atoms with Crippen LogP contribution in [0.4, 0.5) is 5.82 Å². The first-order chi connectivity index (χ1) is 16.1. The highest BCUT2D eigenvalue weighted by atomic mass is 16.1. The van der Waals surface area contributed by atoms with E-state index in [-0.39, 0.29) is 5.56 Å². The van der Waals surface area contributed by atoms with Gasteiger partial charge in [-0.05, 0) is 42.0 Å². The van der Waals surface area contributed by atoms with E-state index in [9.17, 15) is 4.79 Å². The number of nitrogen functional groups attached to an aromatic ring is 1. The Hall–Kier alpha value is -4.44. The van der Waals surface area contributed by atoms with E-state index in [1.807, 2.05) is 68.4 Å². The Bertz CT molecular complexity index is 1630. The zero-order valence-corrected chi connectivity index (χ0v) is 18.4. The van der Waals surface area contributed by atoms with Gasteiger partial charge in [0.25, 0.3) is 5.56 Å². The molecule has 0 amide bonds. The van der Waals surface area contributed by atoms with Crippen molar-refractivity contribution in [2.24, 2.45) is 0 Å². The number of aromatic nitrogens is 5. The molecule has 7 nitrogen and oxygen atoms in total. The van der Waals surface area contributed by atoms with Crippen molar-refractivity contribution in [3.63, 3.8) is 0 Å². The third-order valence-electron chi connectivity index (χ3n) is 5.61. The third kappa shape index (κ3) is 3.52. The van der Waals surface area contributed by atoms with Crippen LogP contribution in [0.1, 0.15) is 30.3 Å². The number of nitrogens with two attached hydrogens (primary N) is 1. The van der Waals surface area contributed by atoms with E-state index >= 15 is 0 Å². The summed E-state index contributed by atoms with van der Waals surface area (Å²) in [5.41, 5.74) is 9.81. The highest BCUT2D eigenvalue weighted by molar-refractivity contribution is 5.90. The molecule has 0 radical (unpaired) electrons. The molecule has 7 heteroatoms. The van der Waals surface area contributed by atoms with Gasteiger partial charge in [-0.3, -0.25) is 9.36 Å². The van der Waals surface area contributed by atoms with Crippen LogP contribution in [-0.4, -0.2) is 24.3 Å². The number of para-hydroxylation sites is 1. The van der Waals surface area contributed by atoms with Crippen molar-refractivity contribution in [1.82, 2.24) is 24.3 Å². The summed E-state index contributed by atoms with van der Waals surface area (Å²) in [6.07, 6.45) is 2.11. The van der Waals surface area contributed by atoms with E-state index in [0.29, 0.717) is 40.9 Å². The van der Waals surface area contributed by atoms with E-state index in [1.54, 1.807) is 9.25 Å². The number of anilines is 1. The fourth-order valence-electron chi connectivity index (χ4n) is 4.06. The molecule has 0 unspecified atom stereocenters. The Kier molecular flexibility index (Phi) is 5.11. The van der Waals surface area contributed by atoms with Gasteiger partial charge in [-0.2, -0.15) is 5.10 Å². The standard InChI is InChI=1S/C26H22N6O/c1-3-4-12-21-23-24(27)28-16-29-25(23)31(30-21)15-19-14-18-10-6-7-11-20(18)26(33)32(19)22-13-8-5-9-17(22)2/h5-11,13-14,16H,3,15H2,1-2H3,(H2,27,28,29). The first kappa shape index (κ1) is 20.5. The van der Waals surface area contributed by atoms with Gasteiger partial charge in [0.15, 0.2) is 5.65 Å². The van der Waals surface area contributed by atoms with Gasteiger partial charge in [-0.25, -0.2) is 14.6 Å². The van der Waals surface area contributed by atoms with Crippen molar-refractivity contribution in [3.8, 4) is 17.5 Å². The van der Waals surface area contributed by atoms with Crippen LogP contribution in [0.25, 0.3) is 27.5 Å². The smallest absolute Gasteiger partial charge is 0.263 e. The minimum absolute atomic E-state index is 0.0750. The summed E-state index contributed by atoms with van der Waals surface area (Å²) in [6, 6.07) is 17.5. The van der Waals surface area contributed by atoms with Crippen molar-refractivity contribution in [2.75, 3.05) is 5.73 Å². The molecule has 2 aromatic carbocycles. The maximum atomic E-state index is 13.6. The van der Waals surface area contributed by atoms with Gasteiger partial charge in [0.05, 0.1) is 17.6 Å². The van der Waals surface area contributed by atoms with E-state index in [2.05, 4.69) is 21.8 Å². The normalized spacial score (nSPS) is 11.0. The van der Waals surface area contributed by atoms with Crippen molar-refractivity contribution < 1.29 is 0 Å². The maximum absolute atomic E-state index is 13.6. The van der Waals surface area contributed by atoms with E-state index in [0.717, 1.165) is 22.3 Å². The maximum Gasteiger partial charge on any atom is 0.263 e. The van der Waals surface area contributed by atoms with Gasteiger partial charge >= 0.3 is 0 Å². The van der Waals surface area contributed by atoms with Crippen LogP contribution in [0.3, 0.4) is 0 Å². The molecule has 3 aromatic heterocycles. The highest BCUT2D eigenvalue weighted by Crippen LogP contribution is 2.24. The molecule has 0 saturated heterocycles. The van der Waals surface area contributed by atoms with Crippen molar-refractivity contribution >= 4 is 27.6 Å². The molecular formula is C26H22N6O. The molecule has 0 aliphatic rings. The summed E-state index contributed by atoms with van der Waals surface area (Å²) in [5.74, 6) is 6.45. The second kappa shape index (κ2) is 8.24. The van der Waals surface area contributed by atoms with Crippen LogP contribution in [0.5, 0.6) is 0 Å². The number of benzene rings is 2. The zero-order valence-electron chi connectivity index (χ0n) is 18.4.